The lowest BCUT2D eigenvalue weighted by atomic mass is 9.47. The highest BCUT2D eigenvalue weighted by Gasteiger charge is 2.79. The van der Waals surface area contributed by atoms with E-state index in [0.717, 1.165) is 45.1 Å². The van der Waals surface area contributed by atoms with Crippen molar-refractivity contribution in [2.24, 2.45) is 16.4 Å². The highest BCUT2D eigenvalue weighted by Crippen LogP contribution is 2.67. The first kappa shape index (κ1) is 50.5. The molecule has 6 N–H and O–H groups in total. The zero-order chi connectivity index (χ0) is 51.8. The number of nitrogens with one attached hydrogen (secondary N) is 3. The molecule has 2 saturated heterocycles. The highest BCUT2D eigenvalue weighted by atomic mass is 16.6. The van der Waals surface area contributed by atoms with E-state index in [4.69, 9.17) is 18.9 Å². The number of benzene rings is 2. The van der Waals surface area contributed by atoms with Crippen LogP contribution in [0, 0.1) is 11.3 Å². The lowest BCUT2D eigenvalue weighted by molar-refractivity contribution is -0.203. The molecular weight excluding hydrogens is 941 g/mol. The Labute approximate surface area is 421 Å². The molecule has 2 aromatic carbocycles. The number of aliphatic hydroxyl groups is 3. The molecule has 73 heavy (non-hydrogen) atoms. The van der Waals surface area contributed by atoms with Gasteiger partial charge in [0.1, 0.15) is 18.0 Å². The molecule has 4 aromatic rings. The molecule has 390 valence electrons. The zero-order valence-corrected chi connectivity index (χ0v) is 42.1. The number of ether oxygens (including phenoxy) is 4. The van der Waals surface area contributed by atoms with Gasteiger partial charge in [-0.05, 0) is 67.8 Å². The minimum Gasteiger partial charge on any atom is -0.496 e. The Bertz CT molecular complexity index is 3010. The molecule has 2 bridgehead atoms. The van der Waals surface area contributed by atoms with Gasteiger partial charge in [0.15, 0.2) is 23.7 Å². The number of hydrogen-bond donors (Lipinski definition) is 6. The number of H-pyrrole nitrogens is 2. The van der Waals surface area contributed by atoms with Gasteiger partial charge in [0.25, 0.3) is 11.5 Å². The van der Waals surface area contributed by atoms with Gasteiger partial charge in [-0.15, -0.1) is 0 Å². The minimum atomic E-state index is -2.60. The number of hydrazone groups is 1. The third kappa shape index (κ3) is 7.73. The summed E-state index contributed by atoms with van der Waals surface area (Å²) in [5.41, 5.74) is -1.85. The number of rotatable bonds is 14. The van der Waals surface area contributed by atoms with Gasteiger partial charge >= 0.3 is 11.7 Å². The molecule has 1 saturated carbocycles. The number of amides is 1. The van der Waals surface area contributed by atoms with Gasteiger partial charge in [-0.2, -0.15) is 5.10 Å². The molecule has 1 amide bonds. The van der Waals surface area contributed by atoms with E-state index in [0.29, 0.717) is 100 Å². The first-order chi connectivity index (χ1) is 35.0. The summed E-state index contributed by atoms with van der Waals surface area (Å²) >= 11 is 0. The molecule has 3 fully saturated rings. The number of fused-ring (bicyclic) bond motifs is 6. The molecule has 1 aliphatic carbocycles. The van der Waals surface area contributed by atoms with E-state index in [2.05, 4.69) is 42.4 Å². The SMILES string of the molecule is CC[C@]1(O)C[C@@H]2CN(CCc3c([nH]c4ccccc34)[C@@](OC(C)=O)(c3cc4c(cc3OC)N(C)C3C45CCN4CC=C[C@](CC)(C45)[C@@H](O)[C@]3(O)C(=O)N/N=C\[C@@H](O[C@@H](C=O)COC)n3ccc(=O)[nH]c3=O)C2)C1. The molecule has 7 heterocycles. The molecule has 0 radical (unpaired) electrons. The average Bonchev–Trinajstić information content (AvgIpc) is 4.03. The van der Waals surface area contributed by atoms with Crippen molar-refractivity contribution in [3.8, 4) is 5.75 Å². The van der Waals surface area contributed by atoms with Crippen molar-refractivity contribution < 1.29 is 48.7 Å². The molecule has 12 atom stereocenters. The number of aromatic nitrogens is 3. The van der Waals surface area contributed by atoms with Gasteiger partial charge in [-0.1, -0.05) is 44.2 Å². The largest absolute Gasteiger partial charge is 0.496 e. The molecule has 10 rings (SSSR count). The second kappa shape index (κ2) is 18.7. The highest BCUT2D eigenvalue weighted by molar-refractivity contribution is 5.91. The summed E-state index contributed by atoms with van der Waals surface area (Å²) in [5, 5.41) is 43.9. The van der Waals surface area contributed by atoms with Crippen LogP contribution in [0.5, 0.6) is 5.75 Å². The monoisotopic (exact) mass is 1010 g/mol. The van der Waals surface area contributed by atoms with E-state index in [1.54, 1.807) is 14.2 Å². The number of anilines is 1. The number of piperidine rings is 1. The van der Waals surface area contributed by atoms with Crippen LogP contribution in [0.2, 0.25) is 0 Å². The van der Waals surface area contributed by atoms with Crippen LogP contribution in [-0.4, -0.2) is 160 Å². The van der Waals surface area contributed by atoms with E-state index >= 15 is 4.79 Å². The Kier molecular flexibility index (Phi) is 13.0. The number of aliphatic hydroxyl groups excluding tert-OH is 1. The molecule has 20 nitrogen and oxygen atoms in total. The Morgan fingerprint density at radius 3 is 2.53 bits per heavy atom. The molecular formula is C53H66N8O12. The zero-order valence-electron chi connectivity index (χ0n) is 42.1. The normalized spacial score (nSPS) is 33.2. The smallest absolute Gasteiger partial charge is 0.330 e. The Morgan fingerprint density at radius 2 is 1.82 bits per heavy atom. The molecule has 1 spiro atoms. The number of para-hydroxylation sites is 1. The van der Waals surface area contributed by atoms with Crippen molar-refractivity contribution in [3.63, 3.8) is 0 Å². The second-order valence-electron chi connectivity index (χ2n) is 21.0. The van der Waals surface area contributed by atoms with Crippen LogP contribution in [0.1, 0.15) is 81.5 Å². The fraction of sp³-hybridized carbons (Fsp3) is 0.547. The number of carbonyl (C=O) groups excluding carboxylic acids is 3. The quantitative estimate of drug-likeness (QED) is 0.0348. The Balaban J connectivity index is 1.15. The van der Waals surface area contributed by atoms with E-state index in [1.807, 2.05) is 55.2 Å². The van der Waals surface area contributed by atoms with Gasteiger partial charge in [0, 0.05) is 111 Å². The van der Waals surface area contributed by atoms with Crippen LogP contribution in [0.4, 0.5) is 5.69 Å². The summed E-state index contributed by atoms with van der Waals surface area (Å²) in [7, 11) is 4.71. The standard InChI is InChI=1S/C53H66N8O12/c1-7-49(68)24-32-25-52(73-31(3)63,43-35(14-19-59(27-32)30-49)34-12-9-10-13-38(34)55-43)37-22-36-39(23-40(37)71-6)58(4)45-51(36)17-21-60-18-11-16-50(8-2,44(51)60)46(65)53(45,69)47(66)57-54-26-42(72-33(28-62)29-70-5)61-20-15-41(64)56-48(61)67/h9-13,15-16,20,22-23,26,28,32-33,42,44-46,55,65,68-69H,7-8,14,17-19,21,24-25,27,29-30H2,1-6H3,(H,57,66)(H,56,64,67)/b54-26-/t32-,33-,42+,44?,45?,46+,49-,50+,51?,52-,53-/m0/s1. The molecule has 20 heteroatoms. The Morgan fingerprint density at radius 1 is 1.03 bits per heavy atom. The number of aldehydes is 1. The molecule has 4 unspecified atom stereocenters. The predicted molar refractivity (Wildman–Crippen MR) is 268 cm³/mol. The fourth-order valence-electron chi connectivity index (χ4n) is 14.4. The summed E-state index contributed by atoms with van der Waals surface area (Å²) in [5.74, 6) is -1.31. The summed E-state index contributed by atoms with van der Waals surface area (Å²) in [4.78, 5) is 78.6. The minimum absolute atomic E-state index is 0.142. The number of esters is 1. The van der Waals surface area contributed by atoms with Crippen molar-refractivity contribution in [2.75, 3.05) is 65.5 Å². The first-order valence-corrected chi connectivity index (χ1v) is 25.2. The topological polar surface area (TPSA) is 254 Å². The summed E-state index contributed by atoms with van der Waals surface area (Å²) in [6, 6.07) is 11.5. The van der Waals surface area contributed by atoms with E-state index in [-0.39, 0.29) is 12.5 Å². The summed E-state index contributed by atoms with van der Waals surface area (Å²) in [6.45, 7) is 8.13. The van der Waals surface area contributed by atoms with Crippen LogP contribution in [0.3, 0.4) is 0 Å². The number of methoxy groups -OCH3 is 2. The van der Waals surface area contributed by atoms with Crippen LogP contribution in [0.25, 0.3) is 10.9 Å². The second-order valence-corrected chi connectivity index (χ2v) is 21.0. The van der Waals surface area contributed by atoms with E-state index in [9.17, 15) is 34.5 Å². The van der Waals surface area contributed by atoms with Gasteiger partial charge < -0.3 is 48.9 Å². The van der Waals surface area contributed by atoms with Crippen molar-refractivity contribution in [2.45, 2.75) is 112 Å². The molecule has 2 aromatic heterocycles. The number of aromatic amines is 2. The van der Waals surface area contributed by atoms with Crippen molar-refractivity contribution in [1.29, 1.82) is 0 Å². The Hall–Kier alpha value is -6.00. The lowest BCUT2D eigenvalue weighted by Gasteiger charge is -2.63. The van der Waals surface area contributed by atoms with Crippen molar-refractivity contribution in [3.05, 3.63) is 104 Å². The maximum absolute atomic E-state index is 15.3. The van der Waals surface area contributed by atoms with Gasteiger partial charge in [0.05, 0.1) is 37.3 Å². The number of nitrogens with zero attached hydrogens (tertiary/aromatic N) is 5. The van der Waals surface area contributed by atoms with Crippen molar-refractivity contribution >= 4 is 41.0 Å². The van der Waals surface area contributed by atoms with Crippen molar-refractivity contribution in [1.82, 2.24) is 29.8 Å². The van der Waals surface area contributed by atoms with E-state index in [1.165, 1.54) is 14.0 Å². The van der Waals surface area contributed by atoms with Crippen LogP contribution in [0.15, 0.2) is 75.5 Å². The van der Waals surface area contributed by atoms with Crippen LogP contribution in [-0.2, 0) is 46.0 Å². The van der Waals surface area contributed by atoms with Gasteiger partial charge in [-0.25, -0.2) is 10.2 Å². The predicted octanol–water partition coefficient (Wildman–Crippen LogP) is 1.98. The number of carbonyl (C=O) groups is 3. The first-order valence-electron chi connectivity index (χ1n) is 25.2. The van der Waals surface area contributed by atoms with E-state index < -0.39 is 81.3 Å². The third-order valence-electron chi connectivity index (χ3n) is 17.2. The van der Waals surface area contributed by atoms with Gasteiger partial charge in [0.2, 0.25) is 0 Å². The van der Waals surface area contributed by atoms with Crippen LogP contribution >= 0.6 is 0 Å². The average molecular weight is 1010 g/mol. The summed E-state index contributed by atoms with van der Waals surface area (Å²) in [6.07, 6.45) is 4.92. The lowest BCUT2D eigenvalue weighted by Crippen LogP contribution is -2.81. The maximum atomic E-state index is 15.3. The summed E-state index contributed by atoms with van der Waals surface area (Å²) < 4.78 is 25.2. The number of hydrogen-bond acceptors (Lipinski definition) is 16. The maximum Gasteiger partial charge on any atom is 0.330 e. The van der Waals surface area contributed by atoms with Crippen LogP contribution < -0.4 is 26.3 Å². The fourth-order valence-corrected chi connectivity index (χ4v) is 14.4. The molecule has 6 aliphatic rings. The molecule has 5 aliphatic heterocycles. The van der Waals surface area contributed by atoms with Gasteiger partial charge in [-0.3, -0.25) is 33.7 Å². The number of likely N-dealkylation sites (N-methyl/N-ethyl adjacent to an activating group) is 1. The third-order valence-corrected chi connectivity index (χ3v) is 17.2.